The minimum Gasteiger partial charge on any atom is -0.356 e. The first-order chi connectivity index (χ1) is 8.57. The molecule has 96 valence electrons. The summed E-state index contributed by atoms with van der Waals surface area (Å²) >= 11 is 1.26. The Morgan fingerprint density at radius 3 is 2.50 bits per heavy atom. The average Bonchev–Trinajstić information content (AvgIpc) is 2.86. The summed E-state index contributed by atoms with van der Waals surface area (Å²) in [4.78, 5) is 0. The molecule has 0 aliphatic rings. The smallest absolute Gasteiger partial charge is 0.200 e. The molecule has 3 N–H and O–H groups in total. The Hall–Kier alpha value is -1.17. The van der Waals surface area contributed by atoms with E-state index >= 15 is 0 Å². The molecule has 5 heteroatoms. The molecule has 3 nitrogen and oxygen atoms in total. The number of aryl methyl sites for hydroxylation is 1. The maximum atomic E-state index is 12.5. The van der Waals surface area contributed by atoms with Crippen LogP contribution in [0.3, 0.4) is 0 Å². The van der Waals surface area contributed by atoms with Crippen LogP contribution in [0.5, 0.6) is 0 Å². The van der Waals surface area contributed by atoms with E-state index in [1.807, 2.05) is 31.2 Å². The van der Waals surface area contributed by atoms with E-state index in [1.165, 1.54) is 11.3 Å². The van der Waals surface area contributed by atoms with Crippen LogP contribution in [-0.2, 0) is 9.84 Å². The van der Waals surface area contributed by atoms with Crippen LogP contribution in [0.1, 0.15) is 16.4 Å². The third-order valence-corrected chi connectivity index (χ3v) is 6.53. The number of rotatable bonds is 4. The van der Waals surface area contributed by atoms with Gasteiger partial charge in [0.15, 0.2) is 9.84 Å². The summed E-state index contributed by atoms with van der Waals surface area (Å²) in [5.41, 5.74) is 5.65. The Morgan fingerprint density at radius 2 is 1.94 bits per heavy atom. The molecule has 0 bridgehead atoms. The quantitative estimate of drug-likeness (QED) is 0.929. The van der Waals surface area contributed by atoms with E-state index in [9.17, 15) is 8.42 Å². The van der Waals surface area contributed by atoms with Crippen LogP contribution in [0, 0.1) is 6.92 Å². The monoisotopic (exact) mass is 282 g/mol. The SMILES string of the molecule is Cc1ccccc1[C@@H](C[NH3+])S(=O)(=O)c1cccs1. The lowest BCUT2D eigenvalue weighted by Gasteiger charge is -2.15. The van der Waals surface area contributed by atoms with Crippen molar-refractivity contribution in [1.82, 2.24) is 0 Å². The first-order valence-corrected chi connectivity index (χ1v) is 8.12. The molecule has 0 aliphatic heterocycles. The molecule has 1 aromatic heterocycles. The molecule has 0 saturated carbocycles. The third-order valence-electron chi connectivity index (χ3n) is 2.95. The lowest BCUT2D eigenvalue weighted by atomic mass is 10.1. The van der Waals surface area contributed by atoms with Crippen molar-refractivity contribution in [2.24, 2.45) is 0 Å². The summed E-state index contributed by atoms with van der Waals surface area (Å²) < 4.78 is 25.5. The fourth-order valence-corrected chi connectivity index (χ4v) is 4.95. The Kier molecular flexibility index (Phi) is 3.85. The molecule has 2 aromatic rings. The van der Waals surface area contributed by atoms with Gasteiger partial charge in [-0.1, -0.05) is 30.3 Å². The first kappa shape index (κ1) is 13.3. The highest BCUT2D eigenvalue weighted by atomic mass is 32.2. The number of thiophene rings is 1. The van der Waals surface area contributed by atoms with E-state index in [1.54, 1.807) is 17.5 Å². The van der Waals surface area contributed by atoms with Crippen LogP contribution in [-0.4, -0.2) is 15.0 Å². The van der Waals surface area contributed by atoms with Crippen LogP contribution in [0.15, 0.2) is 46.0 Å². The molecule has 0 amide bonds. The highest BCUT2D eigenvalue weighted by molar-refractivity contribution is 7.93. The minimum absolute atomic E-state index is 0.338. The van der Waals surface area contributed by atoms with Gasteiger partial charge < -0.3 is 5.73 Å². The molecule has 0 unspecified atom stereocenters. The fourth-order valence-electron chi connectivity index (χ4n) is 1.99. The topological polar surface area (TPSA) is 61.8 Å². The largest absolute Gasteiger partial charge is 0.356 e. The average molecular weight is 282 g/mol. The molecule has 1 heterocycles. The molecule has 2 rings (SSSR count). The second-order valence-electron chi connectivity index (χ2n) is 4.11. The van der Waals surface area contributed by atoms with Crippen LogP contribution in [0.4, 0.5) is 0 Å². The van der Waals surface area contributed by atoms with Gasteiger partial charge in [-0.05, 0) is 29.5 Å². The van der Waals surface area contributed by atoms with Crippen molar-refractivity contribution < 1.29 is 14.2 Å². The summed E-state index contributed by atoms with van der Waals surface area (Å²) in [6.45, 7) is 2.27. The fraction of sp³-hybridized carbons (Fsp3) is 0.231. The molecule has 1 atom stereocenters. The zero-order chi connectivity index (χ0) is 13.2. The number of sulfone groups is 1. The summed E-state index contributed by atoms with van der Waals surface area (Å²) in [5.74, 6) is 0. The molecule has 0 spiro atoms. The molecular formula is C13H16NO2S2+. The Balaban J connectivity index is 2.51. The van der Waals surface area contributed by atoms with Crippen molar-refractivity contribution in [3.05, 3.63) is 52.9 Å². The van der Waals surface area contributed by atoms with Crippen LogP contribution >= 0.6 is 11.3 Å². The van der Waals surface area contributed by atoms with E-state index in [-0.39, 0.29) is 0 Å². The lowest BCUT2D eigenvalue weighted by molar-refractivity contribution is -0.367. The Bertz CT molecular complexity index is 618. The van der Waals surface area contributed by atoms with E-state index in [4.69, 9.17) is 0 Å². The van der Waals surface area contributed by atoms with E-state index in [2.05, 4.69) is 5.73 Å². The predicted octanol–water partition coefficient (Wildman–Crippen LogP) is 1.81. The molecule has 0 saturated heterocycles. The van der Waals surface area contributed by atoms with Gasteiger partial charge >= 0.3 is 0 Å². The van der Waals surface area contributed by atoms with Gasteiger partial charge in [0, 0.05) is 0 Å². The molecular weight excluding hydrogens is 266 g/mol. The second-order valence-corrected chi connectivity index (χ2v) is 7.42. The zero-order valence-corrected chi connectivity index (χ0v) is 11.8. The normalized spacial score (nSPS) is 13.4. The van der Waals surface area contributed by atoms with Gasteiger partial charge in [-0.25, -0.2) is 8.42 Å². The van der Waals surface area contributed by atoms with Crippen molar-refractivity contribution in [1.29, 1.82) is 0 Å². The van der Waals surface area contributed by atoms with Gasteiger partial charge in [0.25, 0.3) is 0 Å². The van der Waals surface area contributed by atoms with Gasteiger partial charge in [-0.3, -0.25) is 0 Å². The molecule has 0 aliphatic carbocycles. The maximum Gasteiger partial charge on any atom is 0.200 e. The van der Waals surface area contributed by atoms with Crippen molar-refractivity contribution in [3.8, 4) is 0 Å². The predicted molar refractivity (Wildman–Crippen MR) is 73.2 cm³/mol. The summed E-state index contributed by atoms with van der Waals surface area (Å²) in [6, 6.07) is 11.0. The summed E-state index contributed by atoms with van der Waals surface area (Å²) in [5, 5.41) is 1.22. The van der Waals surface area contributed by atoms with Crippen molar-refractivity contribution in [2.75, 3.05) is 6.54 Å². The minimum atomic E-state index is -3.33. The molecule has 0 fully saturated rings. The number of hydrogen-bond acceptors (Lipinski definition) is 3. The number of hydrogen-bond donors (Lipinski definition) is 1. The van der Waals surface area contributed by atoms with E-state index in [0.717, 1.165) is 11.1 Å². The summed E-state index contributed by atoms with van der Waals surface area (Å²) in [6.07, 6.45) is 0. The van der Waals surface area contributed by atoms with Gasteiger partial charge in [-0.2, -0.15) is 0 Å². The van der Waals surface area contributed by atoms with Gasteiger partial charge in [0.05, 0.1) is 6.54 Å². The van der Waals surface area contributed by atoms with Crippen LogP contribution in [0.25, 0.3) is 0 Å². The maximum absolute atomic E-state index is 12.5. The van der Waals surface area contributed by atoms with Crippen molar-refractivity contribution >= 4 is 21.2 Å². The number of quaternary nitrogens is 1. The summed E-state index contributed by atoms with van der Waals surface area (Å²) in [7, 11) is -3.33. The lowest BCUT2D eigenvalue weighted by Crippen LogP contribution is -2.54. The van der Waals surface area contributed by atoms with E-state index < -0.39 is 15.1 Å². The Labute approximate surface area is 111 Å². The zero-order valence-electron chi connectivity index (χ0n) is 10.2. The second kappa shape index (κ2) is 5.22. The highest BCUT2D eigenvalue weighted by Crippen LogP contribution is 2.31. The van der Waals surface area contributed by atoms with Crippen molar-refractivity contribution in [3.63, 3.8) is 0 Å². The molecule has 0 radical (unpaired) electrons. The first-order valence-electron chi connectivity index (χ1n) is 5.69. The van der Waals surface area contributed by atoms with E-state index in [0.29, 0.717) is 10.8 Å². The van der Waals surface area contributed by atoms with Crippen molar-refractivity contribution in [2.45, 2.75) is 16.4 Å². The van der Waals surface area contributed by atoms with Crippen LogP contribution in [0.2, 0.25) is 0 Å². The third kappa shape index (κ3) is 2.34. The van der Waals surface area contributed by atoms with Gasteiger partial charge in [0.2, 0.25) is 0 Å². The number of benzene rings is 1. The molecule has 18 heavy (non-hydrogen) atoms. The highest BCUT2D eigenvalue weighted by Gasteiger charge is 2.31. The Morgan fingerprint density at radius 1 is 1.22 bits per heavy atom. The van der Waals surface area contributed by atoms with Crippen LogP contribution < -0.4 is 5.73 Å². The van der Waals surface area contributed by atoms with Gasteiger partial charge in [-0.15, -0.1) is 11.3 Å². The molecule has 1 aromatic carbocycles. The van der Waals surface area contributed by atoms with Gasteiger partial charge in [0.1, 0.15) is 9.46 Å². The standard InChI is InChI=1S/C13H15NO2S2/c1-10-5-2-3-6-11(10)12(9-14)18(15,16)13-7-4-8-17-13/h2-8,12H,9,14H2,1H3/p+1/t12-/m1/s1.